The van der Waals surface area contributed by atoms with E-state index < -0.39 is 5.60 Å². The highest BCUT2D eigenvalue weighted by molar-refractivity contribution is 5.15. The first-order valence-electron chi connectivity index (χ1n) is 10.8. The molecule has 0 aromatic heterocycles. The molecule has 0 radical (unpaired) electrons. The third kappa shape index (κ3) is 2.41. The van der Waals surface area contributed by atoms with E-state index in [9.17, 15) is 15.3 Å². The second-order valence-corrected chi connectivity index (χ2v) is 10.6. The number of hydrogen-bond donors (Lipinski definition) is 3. The van der Waals surface area contributed by atoms with E-state index in [1.54, 1.807) is 0 Å². The van der Waals surface area contributed by atoms with Gasteiger partial charge in [0.1, 0.15) is 0 Å². The first-order valence-corrected chi connectivity index (χ1v) is 10.8. The fourth-order valence-corrected chi connectivity index (χ4v) is 8.18. The molecule has 0 spiro atoms. The molecule has 9 atom stereocenters. The fourth-order valence-electron chi connectivity index (χ4n) is 8.18. The highest BCUT2D eigenvalue weighted by Crippen LogP contribution is 2.69. The lowest BCUT2D eigenvalue weighted by Gasteiger charge is -2.61. The van der Waals surface area contributed by atoms with Gasteiger partial charge in [0.25, 0.3) is 0 Å². The SMILES string of the molecule is C[C@]12CC[C@@H](O)C[C@H]1CC[C@@H]1[C@@H]2CC[C@@]2(C)[C@H]1C[C@@H](CCO)[C@@]2(C)O. The zero-order valence-corrected chi connectivity index (χ0v) is 16.4. The Bertz CT molecular complexity index is 517. The molecule has 0 aromatic carbocycles. The lowest BCUT2D eigenvalue weighted by molar-refractivity contribution is -0.159. The summed E-state index contributed by atoms with van der Waals surface area (Å²) >= 11 is 0. The molecule has 0 heterocycles. The number of fused-ring (bicyclic) bond motifs is 5. The summed E-state index contributed by atoms with van der Waals surface area (Å²) in [5, 5.41) is 31.1. The maximum absolute atomic E-state index is 11.4. The summed E-state index contributed by atoms with van der Waals surface area (Å²) in [6.45, 7) is 7.10. The van der Waals surface area contributed by atoms with Crippen LogP contribution in [0.4, 0.5) is 0 Å². The lowest BCUT2D eigenvalue weighted by Crippen LogP contribution is -2.56. The molecule has 0 bridgehead atoms. The first kappa shape index (κ1) is 18.3. The van der Waals surface area contributed by atoms with Crippen LogP contribution in [-0.4, -0.2) is 33.6 Å². The molecular weight excluding hydrogens is 312 g/mol. The third-order valence-electron chi connectivity index (χ3n) is 9.99. The van der Waals surface area contributed by atoms with Crippen LogP contribution >= 0.6 is 0 Å². The summed E-state index contributed by atoms with van der Waals surface area (Å²) in [5.74, 6) is 3.02. The Hall–Kier alpha value is -0.120. The van der Waals surface area contributed by atoms with Crippen LogP contribution in [0.15, 0.2) is 0 Å². The highest BCUT2D eigenvalue weighted by atomic mass is 16.3. The second-order valence-electron chi connectivity index (χ2n) is 10.6. The van der Waals surface area contributed by atoms with Crippen LogP contribution in [0.3, 0.4) is 0 Å². The van der Waals surface area contributed by atoms with Gasteiger partial charge >= 0.3 is 0 Å². The molecule has 0 amide bonds. The second kappa shape index (κ2) is 5.94. The van der Waals surface area contributed by atoms with Crippen molar-refractivity contribution < 1.29 is 15.3 Å². The fraction of sp³-hybridized carbons (Fsp3) is 1.00. The molecule has 0 aliphatic heterocycles. The van der Waals surface area contributed by atoms with Crippen molar-refractivity contribution in [1.82, 2.24) is 0 Å². The van der Waals surface area contributed by atoms with Gasteiger partial charge in [-0.25, -0.2) is 0 Å². The molecule has 0 aromatic rings. The van der Waals surface area contributed by atoms with Crippen LogP contribution in [0.1, 0.15) is 78.6 Å². The van der Waals surface area contributed by atoms with Gasteiger partial charge in [-0.3, -0.25) is 0 Å². The number of hydrogen-bond acceptors (Lipinski definition) is 3. The van der Waals surface area contributed by atoms with Crippen LogP contribution in [-0.2, 0) is 0 Å². The van der Waals surface area contributed by atoms with Crippen LogP contribution in [0.25, 0.3) is 0 Å². The minimum Gasteiger partial charge on any atom is -0.396 e. The Morgan fingerprint density at radius 2 is 1.68 bits per heavy atom. The van der Waals surface area contributed by atoms with Gasteiger partial charge in [-0.2, -0.15) is 0 Å². The predicted molar refractivity (Wildman–Crippen MR) is 98.9 cm³/mol. The number of rotatable bonds is 2. The summed E-state index contributed by atoms with van der Waals surface area (Å²) in [7, 11) is 0. The van der Waals surface area contributed by atoms with Gasteiger partial charge in [-0.05, 0) is 105 Å². The molecule has 0 unspecified atom stereocenters. The molecular formula is C22H38O3. The zero-order chi connectivity index (χ0) is 18.0. The largest absolute Gasteiger partial charge is 0.396 e. The standard InChI is InChI=1S/C22H38O3/c1-20-9-6-16(24)12-14(20)4-5-17-18(20)7-10-21(2)19(17)13-15(8-11-23)22(21,3)25/h14-19,23-25H,4-13H2,1-3H3/t14-,15-,16-,17-,18+,19+,20+,21+,22-/m1/s1. The Kier molecular flexibility index (Phi) is 4.34. The third-order valence-corrected chi connectivity index (χ3v) is 9.99. The van der Waals surface area contributed by atoms with Gasteiger partial charge < -0.3 is 15.3 Å². The predicted octanol–water partition coefficient (Wildman–Crippen LogP) is 3.75. The maximum Gasteiger partial charge on any atom is 0.0704 e. The van der Waals surface area contributed by atoms with E-state index in [1.165, 1.54) is 25.7 Å². The summed E-state index contributed by atoms with van der Waals surface area (Å²) < 4.78 is 0. The molecule has 144 valence electrons. The molecule has 3 heteroatoms. The minimum atomic E-state index is -0.647. The number of aliphatic hydroxyl groups excluding tert-OH is 2. The zero-order valence-electron chi connectivity index (χ0n) is 16.4. The van der Waals surface area contributed by atoms with Crippen molar-refractivity contribution in [2.24, 2.45) is 40.4 Å². The Morgan fingerprint density at radius 1 is 0.920 bits per heavy atom. The molecule has 0 saturated heterocycles. The van der Waals surface area contributed by atoms with Crippen molar-refractivity contribution in [3.63, 3.8) is 0 Å². The molecule has 25 heavy (non-hydrogen) atoms. The quantitative estimate of drug-likeness (QED) is 0.711. The van der Waals surface area contributed by atoms with E-state index >= 15 is 0 Å². The van der Waals surface area contributed by atoms with Gasteiger partial charge in [0.15, 0.2) is 0 Å². The van der Waals surface area contributed by atoms with Crippen LogP contribution in [0.5, 0.6) is 0 Å². The van der Waals surface area contributed by atoms with E-state index in [0.717, 1.165) is 43.9 Å². The van der Waals surface area contributed by atoms with E-state index in [1.807, 2.05) is 0 Å². The summed E-state index contributed by atoms with van der Waals surface area (Å²) in [5.41, 5.74) is -0.248. The minimum absolute atomic E-state index is 0.00534. The van der Waals surface area contributed by atoms with Gasteiger partial charge in [0.05, 0.1) is 11.7 Å². The Labute approximate surface area is 153 Å². The van der Waals surface area contributed by atoms with Gasteiger partial charge in [0.2, 0.25) is 0 Å². The normalized spacial score (nSPS) is 58.3. The Balaban J connectivity index is 1.63. The van der Waals surface area contributed by atoms with Gasteiger partial charge in [0, 0.05) is 6.61 Å². The lowest BCUT2D eigenvalue weighted by atomic mass is 9.44. The number of aliphatic hydroxyl groups is 3. The van der Waals surface area contributed by atoms with Gasteiger partial charge in [-0.1, -0.05) is 13.8 Å². The molecule has 4 saturated carbocycles. The summed E-state index contributed by atoms with van der Waals surface area (Å²) in [4.78, 5) is 0. The summed E-state index contributed by atoms with van der Waals surface area (Å²) in [6, 6.07) is 0. The van der Waals surface area contributed by atoms with Crippen molar-refractivity contribution in [1.29, 1.82) is 0 Å². The van der Waals surface area contributed by atoms with Crippen molar-refractivity contribution in [2.45, 2.75) is 90.3 Å². The average Bonchev–Trinajstić information content (AvgIpc) is 2.76. The molecule has 4 aliphatic rings. The van der Waals surface area contributed by atoms with E-state index in [2.05, 4.69) is 20.8 Å². The van der Waals surface area contributed by atoms with Crippen molar-refractivity contribution >= 4 is 0 Å². The van der Waals surface area contributed by atoms with E-state index in [-0.39, 0.29) is 24.0 Å². The van der Waals surface area contributed by atoms with E-state index in [4.69, 9.17) is 0 Å². The van der Waals surface area contributed by atoms with Crippen LogP contribution in [0.2, 0.25) is 0 Å². The monoisotopic (exact) mass is 350 g/mol. The average molecular weight is 351 g/mol. The summed E-state index contributed by atoms with van der Waals surface area (Å²) in [6.07, 6.45) is 9.81. The molecule has 4 aliphatic carbocycles. The first-order chi connectivity index (χ1) is 11.7. The Morgan fingerprint density at radius 3 is 2.40 bits per heavy atom. The molecule has 3 N–H and O–H groups in total. The van der Waals surface area contributed by atoms with Crippen molar-refractivity contribution in [2.75, 3.05) is 6.61 Å². The van der Waals surface area contributed by atoms with Crippen molar-refractivity contribution in [3.8, 4) is 0 Å². The smallest absolute Gasteiger partial charge is 0.0704 e. The van der Waals surface area contributed by atoms with Crippen LogP contribution in [0, 0.1) is 40.4 Å². The topological polar surface area (TPSA) is 60.7 Å². The highest BCUT2D eigenvalue weighted by Gasteiger charge is 2.65. The van der Waals surface area contributed by atoms with Crippen molar-refractivity contribution in [3.05, 3.63) is 0 Å². The maximum atomic E-state index is 11.4. The molecule has 3 nitrogen and oxygen atoms in total. The molecule has 4 fully saturated rings. The van der Waals surface area contributed by atoms with Gasteiger partial charge in [-0.15, -0.1) is 0 Å². The molecule has 4 rings (SSSR count). The van der Waals surface area contributed by atoms with E-state index in [0.29, 0.717) is 17.3 Å². The van der Waals surface area contributed by atoms with Crippen LogP contribution < -0.4 is 0 Å².